The number of aldehydes is 1. The molecule has 1 aromatic carbocycles. The lowest BCUT2D eigenvalue weighted by Crippen LogP contribution is -1.82. The Morgan fingerprint density at radius 3 is 2.94 bits per heavy atom. The number of aromatic nitrogens is 1. The number of benzene rings is 1. The summed E-state index contributed by atoms with van der Waals surface area (Å²) in [5.41, 5.74) is 1.10. The van der Waals surface area contributed by atoms with Crippen LogP contribution in [0, 0.1) is 0 Å². The van der Waals surface area contributed by atoms with Crippen molar-refractivity contribution < 1.29 is 4.79 Å². The molecular formula is C13H15NOS2. The molecule has 2 nitrogen and oxygen atoms in total. The molecule has 2 aromatic rings. The molecule has 0 atom stereocenters. The van der Waals surface area contributed by atoms with E-state index in [1.165, 1.54) is 4.70 Å². The van der Waals surface area contributed by atoms with Crippen molar-refractivity contribution in [2.75, 3.05) is 5.75 Å². The number of nitrogens with zero attached hydrogens (tertiary/aromatic N) is 1. The minimum absolute atomic E-state index is 0.700. The molecular weight excluding hydrogens is 250 g/mol. The van der Waals surface area contributed by atoms with E-state index in [0.29, 0.717) is 6.42 Å². The van der Waals surface area contributed by atoms with Crippen LogP contribution in [-0.2, 0) is 4.79 Å². The van der Waals surface area contributed by atoms with Crippen LogP contribution in [-0.4, -0.2) is 17.0 Å². The van der Waals surface area contributed by atoms with Gasteiger partial charge in [-0.3, -0.25) is 0 Å². The smallest absolute Gasteiger partial charge is 0.151 e. The van der Waals surface area contributed by atoms with Crippen molar-refractivity contribution in [3.8, 4) is 0 Å². The summed E-state index contributed by atoms with van der Waals surface area (Å²) in [5.74, 6) is 1.10. The lowest BCUT2D eigenvalue weighted by atomic mass is 10.2. The summed E-state index contributed by atoms with van der Waals surface area (Å²) in [6, 6.07) is 8.24. The van der Waals surface area contributed by atoms with Crippen molar-refractivity contribution in [3.05, 3.63) is 24.3 Å². The molecule has 0 fully saturated rings. The topological polar surface area (TPSA) is 30.0 Å². The van der Waals surface area contributed by atoms with Crippen molar-refractivity contribution in [3.63, 3.8) is 0 Å². The van der Waals surface area contributed by atoms with Crippen molar-refractivity contribution in [2.24, 2.45) is 0 Å². The second-order valence-corrected chi connectivity index (χ2v) is 6.18. The van der Waals surface area contributed by atoms with Gasteiger partial charge in [0.15, 0.2) is 4.34 Å². The van der Waals surface area contributed by atoms with Crippen molar-refractivity contribution in [2.45, 2.75) is 30.0 Å². The summed E-state index contributed by atoms with van der Waals surface area (Å²) in [5, 5.41) is 0. The third-order valence-electron chi connectivity index (χ3n) is 2.47. The Morgan fingerprint density at radius 2 is 2.12 bits per heavy atom. The predicted octanol–water partition coefficient (Wildman–Crippen LogP) is 4.15. The first-order valence-electron chi connectivity index (χ1n) is 5.82. The fraction of sp³-hybridized carbons (Fsp3) is 0.385. The summed E-state index contributed by atoms with van der Waals surface area (Å²) in [6.45, 7) is 0. The van der Waals surface area contributed by atoms with Crippen molar-refractivity contribution >= 4 is 39.6 Å². The second-order valence-electron chi connectivity index (χ2n) is 3.81. The Balaban J connectivity index is 1.77. The average Bonchev–Trinajstić information content (AvgIpc) is 2.76. The molecule has 0 amide bonds. The number of carbonyl (C=O) groups is 1. The van der Waals surface area contributed by atoms with Gasteiger partial charge in [0.25, 0.3) is 0 Å². The number of carbonyl (C=O) groups excluding carboxylic acids is 1. The van der Waals surface area contributed by atoms with E-state index in [1.807, 2.05) is 23.9 Å². The summed E-state index contributed by atoms with van der Waals surface area (Å²) in [7, 11) is 0. The highest BCUT2D eigenvalue weighted by atomic mass is 32.2. The van der Waals surface area contributed by atoms with Gasteiger partial charge in [-0.2, -0.15) is 0 Å². The first kappa shape index (κ1) is 12.6. The largest absolute Gasteiger partial charge is 0.303 e. The third kappa shape index (κ3) is 3.82. The zero-order valence-electron chi connectivity index (χ0n) is 9.59. The van der Waals surface area contributed by atoms with Crippen LogP contribution in [0.15, 0.2) is 28.6 Å². The Morgan fingerprint density at radius 1 is 1.24 bits per heavy atom. The maximum absolute atomic E-state index is 10.1. The van der Waals surface area contributed by atoms with Crippen LogP contribution in [0.3, 0.4) is 0 Å². The molecule has 0 N–H and O–H groups in total. The second kappa shape index (κ2) is 6.77. The Labute approximate surface area is 109 Å². The third-order valence-corrected chi connectivity index (χ3v) is 4.73. The van der Waals surface area contributed by atoms with Gasteiger partial charge in [-0.05, 0) is 25.0 Å². The molecule has 0 aliphatic rings. The summed E-state index contributed by atoms with van der Waals surface area (Å²) < 4.78 is 2.41. The van der Waals surface area contributed by atoms with E-state index >= 15 is 0 Å². The van der Waals surface area contributed by atoms with Crippen LogP contribution >= 0.6 is 23.1 Å². The molecule has 0 bridgehead atoms. The number of fused-ring (bicyclic) bond motifs is 1. The van der Waals surface area contributed by atoms with E-state index in [0.717, 1.165) is 41.2 Å². The van der Waals surface area contributed by atoms with E-state index in [2.05, 4.69) is 17.1 Å². The van der Waals surface area contributed by atoms with Gasteiger partial charge >= 0.3 is 0 Å². The summed E-state index contributed by atoms with van der Waals surface area (Å²) in [6.07, 6.45) is 5.02. The molecule has 1 heterocycles. The van der Waals surface area contributed by atoms with Crippen LogP contribution in [0.25, 0.3) is 10.2 Å². The van der Waals surface area contributed by atoms with Crippen molar-refractivity contribution in [1.82, 2.24) is 4.98 Å². The average molecular weight is 265 g/mol. The summed E-state index contributed by atoms with van der Waals surface area (Å²) in [4.78, 5) is 14.7. The minimum atomic E-state index is 0.700. The molecule has 0 aliphatic heterocycles. The molecule has 1 aromatic heterocycles. The first-order chi connectivity index (χ1) is 8.40. The van der Waals surface area contributed by atoms with Gasteiger partial charge in [0, 0.05) is 12.2 Å². The Bertz CT molecular complexity index is 448. The molecule has 90 valence electrons. The van der Waals surface area contributed by atoms with Gasteiger partial charge in [0.05, 0.1) is 10.2 Å². The highest BCUT2D eigenvalue weighted by Crippen LogP contribution is 2.29. The van der Waals surface area contributed by atoms with Gasteiger partial charge in [0.1, 0.15) is 6.29 Å². The van der Waals surface area contributed by atoms with E-state index in [9.17, 15) is 4.79 Å². The van der Waals surface area contributed by atoms with Gasteiger partial charge in [-0.25, -0.2) is 4.98 Å². The number of para-hydroxylation sites is 1. The number of hydrogen-bond acceptors (Lipinski definition) is 4. The monoisotopic (exact) mass is 265 g/mol. The normalized spacial score (nSPS) is 10.8. The molecule has 2 rings (SSSR count). The quantitative estimate of drug-likeness (QED) is 0.428. The number of rotatable bonds is 7. The zero-order chi connectivity index (χ0) is 11.9. The molecule has 0 aliphatic carbocycles. The molecule has 4 heteroatoms. The van der Waals surface area contributed by atoms with Crippen LogP contribution < -0.4 is 0 Å². The molecule has 0 saturated heterocycles. The Kier molecular flexibility index (Phi) is 5.01. The van der Waals surface area contributed by atoms with Crippen LogP contribution in [0.4, 0.5) is 0 Å². The molecule has 0 saturated carbocycles. The predicted molar refractivity (Wildman–Crippen MR) is 74.9 cm³/mol. The number of thioether (sulfide) groups is 1. The maximum Gasteiger partial charge on any atom is 0.151 e. The van der Waals surface area contributed by atoms with Gasteiger partial charge in [-0.1, -0.05) is 30.3 Å². The molecule has 17 heavy (non-hydrogen) atoms. The van der Waals surface area contributed by atoms with E-state index in [1.54, 1.807) is 11.3 Å². The standard InChI is InChI=1S/C13H15NOS2/c15-9-5-1-2-6-10-16-13-14-11-7-3-4-8-12(11)17-13/h3-4,7-9H,1-2,5-6,10H2. The zero-order valence-corrected chi connectivity index (χ0v) is 11.2. The van der Waals surface area contributed by atoms with Crippen LogP contribution in [0.5, 0.6) is 0 Å². The SMILES string of the molecule is O=CCCCCCSc1nc2ccccc2s1. The lowest BCUT2D eigenvalue weighted by Gasteiger charge is -1.96. The number of unbranched alkanes of at least 4 members (excludes halogenated alkanes) is 3. The fourth-order valence-electron chi connectivity index (χ4n) is 1.58. The van der Waals surface area contributed by atoms with Gasteiger partial charge in [-0.15, -0.1) is 11.3 Å². The van der Waals surface area contributed by atoms with E-state index in [4.69, 9.17) is 0 Å². The number of hydrogen-bond donors (Lipinski definition) is 0. The van der Waals surface area contributed by atoms with Gasteiger partial charge in [0.2, 0.25) is 0 Å². The summed E-state index contributed by atoms with van der Waals surface area (Å²) >= 11 is 3.58. The maximum atomic E-state index is 10.1. The first-order valence-corrected chi connectivity index (χ1v) is 7.62. The van der Waals surface area contributed by atoms with Gasteiger partial charge < -0.3 is 4.79 Å². The number of thiazole rings is 1. The Hall–Kier alpha value is -0.870. The van der Waals surface area contributed by atoms with Crippen molar-refractivity contribution in [1.29, 1.82) is 0 Å². The van der Waals surface area contributed by atoms with Crippen LogP contribution in [0.2, 0.25) is 0 Å². The van der Waals surface area contributed by atoms with E-state index in [-0.39, 0.29) is 0 Å². The lowest BCUT2D eigenvalue weighted by molar-refractivity contribution is -0.107. The molecule has 0 unspecified atom stereocenters. The van der Waals surface area contributed by atoms with Crippen LogP contribution in [0.1, 0.15) is 25.7 Å². The molecule has 0 spiro atoms. The fourth-order valence-corrected chi connectivity index (χ4v) is 3.72. The highest BCUT2D eigenvalue weighted by molar-refractivity contribution is 8.01. The minimum Gasteiger partial charge on any atom is -0.303 e. The highest BCUT2D eigenvalue weighted by Gasteiger charge is 2.02. The van der Waals surface area contributed by atoms with E-state index < -0.39 is 0 Å². The molecule has 0 radical (unpaired) electrons.